The molecule has 1 aliphatic rings. The van der Waals surface area contributed by atoms with E-state index in [1.807, 2.05) is 0 Å². The predicted octanol–water partition coefficient (Wildman–Crippen LogP) is 1.65. The summed E-state index contributed by atoms with van der Waals surface area (Å²) in [5, 5.41) is 0. The molecular formula is C13H16O5. The minimum absolute atomic E-state index is 0.00629. The molecule has 5 nitrogen and oxygen atoms in total. The third-order valence-corrected chi connectivity index (χ3v) is 2.77. The molecule has 1 atom stereocenters. The quantitative estimate of drug-likeness (QED) is 0.763. The Hall–Kier alpha value is -1.75. The van der Waals surface area contributed by atoms with Crippen LogP contribution in [0.25, 0.3) is 0 Å². The molecule has 1 fully saturated rings. The van der Waals surface area contributed by atoms with Gasteiger partial charge in [-0.05, 0) is 18.2 Å². The van der Waals surface area contributed by atoms with Gasteiger partial charge in [0.1, 0.15) is 6.10 Å². The van der Waals surface area contributed by atoms with E-state index in [1.54, 1.807) is 25.3 Å². The van der Waals surface area contributed by atoms with Crippen LogP contribution in [-0.2, 0) is 9.47 Å². The first-order valence-corrected chi connectivity index (χ1v) is 5.75. The van der Waals surface area contributed by atoms with Gasteiger partial charge in [0.2, 0.25) is 0 Å². The molecule has 5 heteroatoms. The second-order valence-electron chi connectivity index (χ2n) is 3.96. The lowest BCUT2D eigenvalue weighted by molar-refractivity contribution is 0.0599. The fourth-order valence-corrected chi connectivity index (χ4v) is 1.80. The lowest BCUT2D eigenvalue weighted by Gasteiger charge is -2.15. The van der Waals surface area contributed by atoms with E-state index in [-0.39, 0.29) is 6.10 Å². The molecule has 1 heterocycles. The molecule has 1 saturated heterocycles. The Morgan fingerprint density at radius 1 is 1.33 bits per heavy atom. The van der Waals surface area contributed by atoms with Crippen LogP contribution in [-0.4, -0.2) is 39.5 Å². The highest BCUT2D eigenvalue weighted by atomic mass is 16.6. The number of rotatable bonds is 4. The van der Waals surface area contributed by atoms with Crippen molar-refractivity contribution in [2.24, 2.45) is 0 Å². The van der Waals surface area contributed by atoms with Crippen LogP contribution in [0.4, 0.5) is 0 Å². The minimum atomic E-state index is -0.398. The second kappa shape index (κ2) is 5.73. The molecule has 0 radical (unpaired) electrons. The summed E-state index contributed by atoms with van der Waals surface area (Å²) in [6, 6.07) is 4.96. The molecule has 2 rings (SSSR count). The lowest BCUT2D eigenvalue weighted by atomic mass is 10.2. The normalized spacial score (nSPS) is 18.4. The van der Waals surface area contributed by atoms with E-state index in [1.165, 1.54) is 7.11 Å². The van der Waals surface area contributed by atoms with Crippen LogP contribution in [0.5, 0.6) is 11.5 Å². The molecule has 18 heavy (non-hydrogen) atoms. The smallest absolute Gasteiger partial charge is 0.337 e. The van der Waals surface area contributed by atoms with Crippen molar-refractivity contribution < 1.29 is 23.7 Å². The van der Waals surface area contributed by atoms with Gasteiger partial charge in [-0.15, -0.1) is 0 Å². The Balaban J connectivity index is 2.21. The molecule has 1 aromatic rings. The van der Waals surface area contributed by atoms with Gasteiger partial charge in [0.25, 0.3) is 0 Å². The summed E-state index contributed by atoms with van der Waals surface area (Å²) in [7, 11) is 2.91. The number of carbonyl (C=O) groups is 1. The lowest BCUT2D eigenvalue weighted by Crippen LogP contribution is -2.16. The van der Waals surface area contributed by atoms with E-state index in [0.717, 1.165) is 6.42 Å². The zero-order valence-electron chi connectivity index (χ0n) is 10.5. The Morgan fingerprint density at radius 2 is 2.17 bits per heavy atom. The highest BCUT2D eigenvalue weighted by Gasteiger charge is 2.20. The Kier molecular flexibility index (Phi) is 4.04. The molecule has 1 aliphatic heterocycles. The Morgan fingerprint density at radius 3 is 2.78 bits per heavy atom. The Labute approximate surface area is 106 Å². The third kappa shape index (κ3) is 2.73. The number of benzene rings is 1. The van der Waals surface area contributed by atoms with E-state index >= 15 is 0 Å². The molecule has 0 aromatic heterocycles. The van der Waals surface area contributed by atoms with Gasteiger partial charge in [0.05, 0.1) is 33.0 Å². The van der Waals surface area contributed by atoms with Crippen molar-refractivity contribution in [1.82, 2.24) is 0 Å². The van der Waals surface area contributed by atoms with Crippen LogP contribution in [0.1, 0.15) is 16.8 Å². The van der Waals surface area contributed by atoms with Crippen molar-refractivity contribution in [1.29, 1.82) is 0 Å². The van der Waals surface area contributed by atoms with Crippen molar-refractivity contribution in [2.45, 2.75) is 12.5 Å². The molecule has 0 N–H and O–H groups in total. The van der Waals surface area contributed by atoms with Crippen LogP contribution < -0.4 is 9.47 Å². The molecule has 0 amide bonds. The van der Waals surface area contributed by atoms with Crippen LogP contribution in [0.2, 0.25) is 0 Å². The first kappa shape index (κ1) is 12.7. The van der Waals surface area contributed by atoms with Gasteiger partial charge in [0, 0.05) is 6.42 Å². The highest BCUT2D eigenvalue weighted by Crippen LogP contribution is 2.30. The number of esters is 1. The number of carbonyl (C=O) groups excluding carboxylic acids is 1. The highest BCUT2D eigenvalue weighted by molar-refractivity contribution is 5.90. The summed E-state index contributed by atoms with van der Waals surface area (Å²) in [5.74, 6) is 0.732. The summed E-state index contributed by atoms with van der Waals surface area (Å²) >= 11 is 0. The van der Waals surface area contributed by atoms with Crippen molar-refractivity contribution in [3.05, 3.63) is 23.8 Å². The van der Waals surface area contributed by atoms with Gasteiger partial charge < -0.3 is 18.9 Å². The summed E-state index contributed by atoms with van der Waals surface area (Å²) in [6.45, 7) is 1.26. The van der Waals surface area contributed by atoms with E-state index in [0.29, 0.717) is 30.3 Å². The standard InChI is InChI=1S/C13H16O5/c1-15-11-4-3-9(13(14)16-2)7-12(11)18-10-5-6-17-8-10/h3-4,7,10H,5-6,8H2,1-2H3/t10-/m0/s1. The van der Waals surface area contributed by atoms with Crippen LogP contribution in [0.3, 0.4) is 0 Å². The number of methoxy groups -OCH3 is 2. The van der Waals surface area contributed by atoms with Gasteiger partial charge in [0.15, 0.2) is 11.5 Å². The van der Waals surface area contributed by atoms with E-state index < -0.39 is 5.97 Å². The maximum Gasteiger partial charge on any atom is 0.337 e. The SMILES string of the molecule is COC(=O)c1ccc(OC)c(O[C@H]2CCOC2)c1. The molecule has 1 aromatic carbocycles. The maximum absolute atomic E-state index is 11.5. The average molecular weight is 252 g/mol. The summed E-state index contributed by atoms with van der Waals surface area (Å²) in [4.78, 5) is 11.5. The van der Waals surface area contributed by atoms with E-state index in [9.17, 15) is 4.79 Å². The molecule has 0 unspecified atom stereocenters. The molecule has 0 saturated carbocycles. The fourth-order valence-electron chi connectivity index (χ4n) is 1.80. The van der Waals surface area contributed by atoms with Crippen LogP contribution in [0.15, 0.2) is 18.2 Å². The average Bonchev–Trinajstić information content (AvgIpc) is 2.90. The van der Waals surface area contributed by atoms with Gasteiger partial charge in [-0.25, -0.2) is 4.79 Å². The van der Waals surface area contributed by atoms with Crippen molar-refractivity contribution in [3.63, 3.8) is 0 Å². The molecule has 0 bridgehead atoms. The first-order valence-electron chi connectivity index (χ1n) is 5.75. The minimum Gasteiger partial charge on any atom is -0.493 e. The summed E-state index contributed by atoms with van der Waals surface area (Å²) in [5.41, 5.74) is 0.437. The zero-order chi connectivity index (χ0) is 13.0. The van der Waals surface area contributed by atoms with E-state index in [2.05, 4.69) is 4.74 Å². The molecule has 0 spiro atoms. The van der Waals surface area contributed by atoms with Crippen molar-refractivity contribution in [3.8, 4) is 11.5 Å². The van der Waals surface area contributed by atoms with Gasteiger partial charge >= 0.3 is 5.97 Å². The number of ether oxygens (including phenoxy) is 4. The van der Waals surface area contributed by atoms with Gasteiger partial charge in [-0.1, -0.05) is 0 Å². The van der Waals surface area contributed by atoms with Crippen LogP contribution in [0, 0.1) is 0 Å². The third-order valence-electron chi connectivity index (χ3n) is 2.77. The monoisotopic (exact) mass is 252 g/mol. The van der Waals surface area contributed by atoms with Gasteiger partial charge in [-0.3, -0.25) is 0 Å². The fraction of sp³-hybridized carbons (Fsp3) is 0.462. The maximum atomic E-state index is 11.5. The van der Waals surface area contributed by atoms with Crippen molar-refractivity contribution >= 4 is 5.97 Å². The molecule has 0 aliphatic carbocycles. The second-order valence-corrected chi connectivity index (χ2v) is 3.96. The van der Waals surface area contributed by atoms with Crippen LogP contribution >= 0.6 is 0 Å². The largest absolute Gasteiger partial charge is 0.493 e. The topological polar surface area (TPSA) is 54.0 Å². The number of hydrogen-bond acceptors (Lipinski definition) is 5. The number of hydrogen-bond donors (Lipinski definition) is 0. The predicted molar refractivity (Wildman–Crippen MR) is 64.2 cm³/mol. The zero-order valence-corrected chi connectivity index (χ0v) is 10.5. The Bertz CT molecular complexity index is 423. The summed E-state index contributed by atoms with van der Waals surface area (Å²) < 4.78 is 20.9. The summed E-state index contributed by atoms with van der Waals surface area (Å²) in [6.07, 6.45) is 0.845. The van der Waals surface area contributed by atoms with Gasteiger partial charge in [-0.2, -0.15) is 0 Å². The molecule has 98 valence electrons. The first-order chi connectivity index (χ1) is 8.74. The van der Waals surface area contributed by atoms with Crippen molar-refractivity contribution in [2.75, 3.05) is 27.4 Å². The van der Waals surface area contributed by atoms with E-state index in [4.69, 9.17) is 14.2 Å². The molecular weight excluding hydrogens is 236 g/mol.